The van der Waals surface area contributed by atoms with Gasteiger partial charge in [0.15, 0.2) is 0 Å². The van der Waals surface area contributed by atoms with Gasteiger partial charge in [0.1, 0.15) is 0 Å². The summed E-state index contributed by atoms with van der Waals surface area (Å²) in [6.45, 7) is 5.50. The third-order valence-electron chi connectivity index (χ3n) is 2.94. The summed E-state index contributed by atoms with van der Waals surface area (Å²) in [5, 5.41) is 3.48. The Morgan fingerprint density at radius 1 is 1.43 bits per heavy atom. The molecule has 2 nitrogen and oxygen atoms in total. The number of nitrogens with zero attached hydrogens (tertiary/aromatic N) is 1. The second-order valence-corrected chi connectivity index (χ2v) is 5.63. The van der Waals surface area contributed by atoms with Crippen LogP contribution in [0.5, 0.6) is 0 Å². The number of halogens is 1. The van der Waals surface area contributed by atoms with Crippen LogP contribution in [0.25, 0.3) is 0 Å². The molecule has 3 heteroatoms. The zero-order valence-corrected chi connectivity index (χ0v) is 10.9. The fourth-order valence-electron chi connectivity index (χ4n) is 1.70. The van der Waals surface area contributed by atoms with Gasteiger partial charge in [-0.15, -0.1) is 0 Å². The highest BCUT2D eigenvalue weighted by atomic mass is 127. The monoisotopic (exact) mass is 302 g/mol. The molecule has 1 aliphatic rings. The molecule has 0 saturated carbocycles. The fraction of sp³-hybridized carbons (Fsp3) is 0.455. The minimum absolute atomic E-state index is 0.194. The average molecular weight is 302 g/mol. The second kappa shape index (κ2) is 3.29. The maximum atomic E-state index is 3.48. The smallest absolute Gasteiger partial charge is 0.0605 e. The van der Waals surface area contributed by atoms with Gasteiger partial charge >= 0.3 is 0 Å². The molecular weight excluding hydrogens is 287 g/mol. The van der Waals surface area contributed by atoms with E-state index in [1.807, 2.05) is 0 Å². The summed E-state index contributed by atoms with van der Waals surface area (Å²) in [6, 6.07) is 6.53. The van der Waals surface area contributed by atoms with Crippen LogP contribution in [0, 0.1) is 3.57 Å². The first-order valence-corrected chi connectivity index (χ1v) is 5.86. The highest BCUT2D eigenvalue weighted by Gasteiger charge is 2.29. The minimum Gasteiger partial charge on any atom is -0.381 e. The molecule has 0 unspecified atom stereocenters. The van der Waals surface area contributed by atoms with Crippen LogP contribution in [0.2, 0.25) is 0 Å². The Bertz CT molecular complexity index is 360. The number of hydrogen-bond donors (Lipinski definition) is 1. The van der Waals surface area contributed by atoms with E-state index in [1.54, 1.807) is 0 Å². The molecule has 0 atom stereocenters. The molecule has 0 saturated heterocycles. The largest absolute Gasteiger partial charge is 0.381 e. The Morgan fingerprint density at radius 2 is 2.14 bits per heavy atom. The zero-order chi connectivity index (χ0) is 10.3. The summed E-state index contributed by atoms with van der Waals surface area (Å²) in [4.78, 5) is 2.34. The Balaban J connectivity index is 2.46. The SMILES string of the molecule is CN1c2ccc(I)cc2NCC1(C)C. The van der Waals surface area contributed by atoms with Crippen LogP contribution in [-0.4, -0.2) is 19.1 Å². The molecule has 0 aliphatic carbocycles. The number of nitrogens with one attached hydrogen (secondary N) is 1. The maximum absolute atomic E-state index is 3.48. The van der Waals surface area contributed by atoms with E-state index in [0.29, 0.717) is 0 Å². The molecule has 1 heterocycles. The van der Waals surface area contributed by atoms with E-state index in [1.165, 1.54) is 14.9 Å². The molecule has 0 fully saturated rings. The van der Waals surface area contributed by atoms with Gasteiger partial charge in [-0.25, -0.2) is 0 Å². The van der Waals surface area contributed by atoms with Crippen LogP contribution in [0.1, 0.15) is 13.8 Å². The van der Waals surface area contributed by atoms with Crippen molar-refractivity contribution in [1.82, 2.24) is 0 Å². The number of rotatable bonds is 0. The lowest BCUT2D eigenvalue weighted by molar-refractivity contribution is 0.502. The van der Waals surface area contributed by atoms with E-state index in [9.17, 15) is 0 Å². The van der Waals surface area contributed by atoms with Crippen molar-refractivity contribution in [2.75, 3.05) is 23.8 Å². The van der Waals surface area contributed by atoms with Gasteiger partial charge < -0.3 is 10.2 Å². The van der Waals surface area contributed by atoms with Crippen molar-refractivity contribution in [3.63, 3.8) is 0 Å². The van der Waals surface area contributed by atoms with Crippen molar-refractivity contribution in [2.24, 2.45) is 0 Å². The van der Waals surface area contributed by atoms with Gasteiger partial charge in [-0.3, -0.25) is 0 Å². The first-order chi connectivity index (χ1) is 6.50. The minimum atomic E-state index is 0.194. The summed E-state index contributed by atoms with van der Waals surface area (Å²) in [6.07, 6.45) is 0. The molecule has 0 spiro atoms. The normalized spacial score (nSPS) is 18.7. The van der Waals surface area contributed by atoms with Crippen molar-refractivity contribution in [1.29, 1.82) is 0 Å². The maximum Gasteiger partial charge on any atom is 0.0605 e. The number of benzene rings is 1. The zero-order valence-electron chi connectivity index (χ0n) is 8.76. The first kappa shape index (κ1) is 10.1. The summed E-state index contributed by atoms with van der Waals surface area (Å²) in [5.41, 5.74) is 2.74. The lowest BCUT2D eigenvalue weighted by Crippen LogP contribution is -2.49. The third-order valence-corrected chi connectivity index (χ3v) is 3.61. The molecule has 1 aliphatic heterocycles. The van der Waals surface area contributed by atoms with Crippen LogP contribution in [0.4, 0.5) is 11.4 Å². The van der Waals surface area contributed by atoms with Crippen molar-refractivity contribution in [2.45, 2.75) is 19.4 Å². The van der Waals surface area contributed by atoms with Gasteiger partial charge in [-0.2, -0.15) is 0 Å². The van der Waals surface area contributed by atoms with E-state index < -0.39 is 0 Å². The van der Waals surface area contributed by atoms with Crippen LogP contribution in [0.3, 0.4) is 0 Å². The van der Waals surface area contributed by atoms with Gasteiger partial charge in [0.05, 0.1) is 16.9 Å². The van der Waals surface area contributed by atoms with E-state index in [4.69, 9.17) is 0 Å². The fourth-order valence-corrected chi connectivity index (χ4v) is 2.19. The summed E-state index contributed by atoms with van der Waals surface area (Å²) in [7, 11) is 2.16. The lowest BCUT2D eigenvalue weighted by atomic mass is 9.99. The summed E-state index contributed by atoms with van der Waals surface area (Å²) in [5.74, 6) is 0. The van der Waals surface area contributed by atoms with E-state index in [0.717, 1.165) is 6.54 Å². The predicted octanol–water partition coefficient (Wildman–Crippen LogP) is 2.93. The van der Waals surface area contributed by atoms with Crippen LogP contribution in [0.15, 0.2) is 18.2 Å². The summed E-state index contributed by atoms with van der Waals surface area (Å²) < 4.78 is 1.28. The van der Waals surface area contributed by atoms with E-state index >= 15 is 0 Å². The Morgan fingerprint density at radius 3 is 2.86 bits per heavy atom. The molecule has 76 valence electrons. The quantitative estimate of drug-likeness (QED) is 0.741. The predicted molar refractivity (Wildman–Crippen MR) is 70.1 cm³/mol. The van der Waals surface area contributed by atoms with Crippen LogP contribution in [-0.2, 0) is 0 Å². The van der Waals surface area contributed by atoms with E-state index in [2.05, 4.69) is 71.9 Å². The van der Waals surface area contributed by atoms with Crippen LogP contribution < -0.4 is 10.2 Å². The van der Waals surface area contributed by atoms with Gasteiger partial charge in [0.2, 0.25) is 0 Å². The van der Waals surface area contributed by atoms with Crippen molar-refractivity contribution < 1.29 is 0 Å². The molecule has 1 N–H and O–H groups in total. The van der Waals surface area contributed by atoms with Crippen molar-refractivity contribution in [3.8, 4) is 0 Å². The molecule has 0 radical (unpaired) electrons. The molecular formula is C11H15IN2. The van der Waals surface area contributed by atoms with E-state index in [-0.39, 0.29) is 5.54 Å². The third kappa shape index (κ3) is 1.58. The molecule has 14 heavy (non-hydrogen) atoms. The topological polar surface area (TPSA) is 15.3 Å². The molecule has 2 rings (SSSR count). The number of hydrogen-bond acceptors (Lipinski definition) is 2. The Hall–Kier alpha value is -0.450. The van der Waals surface area contributed by atoms with Gasteiger partial charge in [-0.1, -0.05) is 0 Å². The van der Waals surface area contributed by atoms with Gasteiger partial charge in [0, 0.05) is 17.2 Å². The molecule has 0 aromatic heterocycles. The molecule has 0 bridgehead atoms. The Kier molecular flexibility index (Phi) is 2.37. The second-order valence-electron chi connectivity index (χ2n) is 4.39. The molecule has 1 aromatic rings. The highest BCUT2D eigenvalue weighted by molar-refractivity contribution is 14.1. The highest BCUT2D eigenvalue weighted by Crippen LogP contribution is 2.35. The number of likely N-dealkylation sites (N-methyl/N-ethyl adjacent to an activating group) is 1. The molecule has 0 amide bonds. The standard InChI is InChI=1S/C11H15IN2/c1-11(2)7-13-9-6-8(12)4-5-10(9)14(11)3/h4-6,13H,7H2,1-3H3. The molecule has 1 aromatic carbocycles. The van der Waals surface area contributed by atoms with Crippen LogP contribution >= 0.6 is 22.6 Å². The number of anilines is 2. The lowest BCUT2D eigenvalue weighted by Gasteiger charge is -2.43. The number of fused-ring (bicyclic) bond motifs is 1. The van der Waals surface area contributed by atoms with Crippen molar-refractivity contribution in [3.05, 3.63) is 21.8 Å². The Labute approximate surface area is 98.8 Å². The summed E-state index contributed by atoms with van der Waals surface area (Å²) >= 11 is 2.34. The average Bonchev–Trinajstić information content (AvgIpc) is 2.12. The van der Waals surface area contributed by atoms with Crippen molar-refractivity contribution >= 4 is 34.0 Å². The first-order valence-electron chi connectivity index (χ1n) is 4.78. The van der Waals surface area contributed by atoms with Gasteiger partial charge in [0.25, 0.3) is 0 Å². The van der Waals surface area contributed by atoms with Gasteiger partial charge in [-0.05, 0) is 54.6 Å².